The van der Waals surface area contributed by atoms with Crippen molar-refractivity contribution in [2.75, 3.05) is 11.9 Å². The maximum absolute atomic E-state index is 5.94. The van der Waals surface area contributed by atoms with Crippen molar-refractivity contribution in [2.45, 2.75) is 6.42 Å². The lowest BCUT2D eigenvalue weighted by atomic mass is 10.1. The first-order valence-electron chi connectivity index (χ1n) is 6.18. The van der Waals surface area contributed by atoms with Crippen LogP contribution in [0.4, 0.5) is 5.69 Å². The molecule has 2 aromatic carbocycles. The Morgan fingerprint density at radius 3 is 2.60 bits per heavy atom. The molecule has 20 heavy (non-hydrogen) atoms. The Bertz CT molecular complexity index is 587. The lowest BCUT2D eigenvalue weighted by Gasteiger charge is -2.10. The molecule has 0 amide bonds. The fourth-order valence-electron chi connectivity index (χ4n) is 1.72. The first-order chi connectivity index (χ1) is 9.63. The van der Waals surface area contributed by atoms with Gasteiger partial charge in [0, 0.05) is 21.7 Å². The zero-order chi connectivity index (χ0) is 14.4. The summed E-state index contributed by atoms with van der Waals surface area (Å²) >= 11 is 14.6. The largest absolute Gasteiger partial charge is 0.362 e. The summed E-state index contributed by atoms with van der Waals surface area (Å²) in [7, 11) is 0. The monoisotopic (exact) mass is 368 g/mol. The Labute approximate surface area is 137 Å². The van der Waals surface area contributed by atoms with E-state index >= 15 is 0 Å². The summed E-state index contributed by atoms with van der Waals surface area (Å²) in [6.45, 7) is 0.767. The van der Waals surface area contributed by atoms with Gasteiger partial charge in [0.1, 0.15) is 0 Å². The minimum atomic E-state index is 0.620. The molecule has 0 bridgehead atoms. The van der Waals surface area contributed by atoms with Gasteiger partial charge in [0.2, 0.25) is 0 Å². The van der Waals surface area contributed by atoms with Crippen LogP contribution in [0.1, 0.15) is 5.56 Å². The summed E-state index contributed by atoms with van der Waals surface area (Å²) in [4.78, 5) is 0. The van der Waals surface area contributed by atoms with Crippen molar-refractivity contribution in [1.82, 2.24) is 5.32 Å². The van der Waals surface area contributed by atoms with E-state index in [1.807, 2.05) is 42.5 Å². The second kappa shape index (κ2) is 7.62. The van der Waals surface area contributed by atoms with E-state index < -0.39 is 0 Å². The molecule has 2 rings (SSSR count). The number of nitrogens with one attached hydrogen (secondary N) is 2. The van der Waals surface area contributed by atoms with E-state index in [4.69, 9.17) is 23.8 Å². The van der Waals surface area contributed by atoms with Crippen LogP contribution < -0.4 is 10.6 Å². The van der Waals surface area contributed by atoms with E-state index in [1.54, 1.807) is 0 Å². The van der Waals surface area contributed by atoms with Gasteiger partial charge in [-0.1, -0.05) is 39.7 Å². The fraction of sp³-hybridized carbons (Fsp3) is 0.133. The Kier molecular flexibility index (Phi) is 5.83. The molecule has 5 heteroatoms. The molecule has 0 aliphatic rings. The van der Waals surface area contributed by atoms with Crippen LogP contribution in [0.15, 0.2) is 53.0 Å². The molecule has 0 radical (unpaired) electrons. The van der Waals surface area contributed by atoms with Gasteiger partial charge >= 0.3 is 0 Å². The third kappa shape index (κ3) is 5.12. The summed E-state index contributed by atoms with van der Waals surface area (Å²) < 4.78 is 1.04. The third-order valence-electron chi connectivity index (χ3n) is 2.69. The number of hydrogen-bond acceptors (Lipinski definition) is 1. The molecule has 0 atom stereocenters. The molecule has 0 heterocycles. The van der Waals surface area contributed by atoms with E-state index in [9.17, 15) is 0 Å². The van der Waals surface area contributed by atoms with Crippen LogP contribution in [0.3, 0.4) is 0 Å². The first kappa shape index (κ1) is 15.3. The molecule has 104 valence electrons. The molecule has 0 fully saturated rings. The number of anilines is 1. The molecule has 0 saturated heterocycles. The van der Waals surface area contributed by atoms with Crippen molar-refractivity contribution in [3.05, 3.63) is 63.6 Å². The van der Waals surface area contributed by atoms with E-state index in [2.05, 4.69) is 32.6 Å². The van der Waals surface area contributed by atoms with E-state index in [1.165, 1.54) is 5.56 Å². The quantitative estimate of drug-likeness (QED) is 0.768. The molecule has 0 aromatic heterocycles. The van der Waals surface area contributed by atoms with Crippen molar-refractivity contribution < 1.29 is 0 Å². The zero-order valence-electron chi connectivity index (χ0n) is 10.7. The van der Waals surface area contributed by atoms with Crippen molar-refractivity contribution in [3.63, 3.8) is 0 Å². The average molecular weight is 370 g/mol. The van der Waals surface area contributed by atoms with E-state index in [0.717, 1.165) is 28.1 Å². The highest BCUT2D eigenvalue weighted by Crippen LogP contribution is 2.14. The van der Waals surface area contributed by atoms with Gasteiger partial charge in [-0.25, -0.2) is 0 Å². The second-order valence-electron chi connectivity index (χ2n) is 4.27. The molecule has 0 saturated carbocycles. The number of halogens is 2. The lowest BCUT2D eigenvalue weighted by molar-refractivity contribution is 0.873. The minimum Gasteiger partial charge on any atom is -0.362 e. The van der Waals surface area contributed by atoms with Crippen LogP contribution in [0, 0.1) is 0 Å². The SMILES string of the molecule is S=C(NCCc1cccc(Cl)c1)Nc1ccc(Br)cc1. The molecule has 2 nitrogen and oxygen atoms in total. The Morgan fingerprint density at radius 2 is 1.90 bits per heavy atom. The standard InChI is InChI=1S/C15H14BrClN2S/c16-12-4-6-14(7-5-12)19-15(20)18-9-8-11-2-1-3-13(17)10-11/h1-7,10H,8-9H2,(H2,18,19,20). The highest BCUT2D eigenvalue weighted by Gasteiger charge is 1.98. The fourth-order valence-corrected chi connectivity index (χ4v) is 2.42. The maximum Gasteiger partial charge on any atom is 0.170 e. The summed E-state index contributed by atoms with van der Waals surface area (Å²) in [6.07, 6.45) is 0.878. The normalized spacial score (nSPS) is 10.1. The molecule has 2 N–H and O–H groups in total. The van der Waals surface area contributed by atoms with Crippen LogP contribution in [0.25, 0.3) is 0 Å². The Hall–Kier alpha value is -1.10. The zero-order valence-corrected chi connectivity index (χ0v) is 13.9. The van der Waals surface area contributed by atoms with Crippen LogP contribution in [-0.4, -0.2) is 11.7 Å². The number of thiocarbonyl (C=S) groups is 1. The van der Waals surface area contributed by atoms with Gasteiger partial charge in [0.05, 0.1) is 0 Å². The summed E-state index contributed by atoms with van der Waals surface area (Å²) in [5, 5.41) is 7.70. The van der Waals surface area contributed by atoms with Gasteiger partial charge < -0.3 is 10.6 Å². The Balaban J connectivity index is 1.76. The predicted octanol–water partition coefficient (Wildman–Crippen LogP) is 4.63. The lowest BCUT2D eigenvalue weighted by Crippen LogP contribution is -2.30. The van der Waals surface area contributed by atoms with Crippen LogP contribution in [0.2, 0.25) is 5.02 Å². The maximum atomic E-state index is 5.94. The molecule has 0 aliphatic carbocycles. The molecule has 2 aromatic rings. The predicted molar refractivity (Wildman–Crippen MR) is 93.5 cm³/mol. The second-order valence-corrected chi connectivity index (χ2v) is 6.03. The highest BCUT2D eigenvalue weighted by atomic mass is 79.9. The number of benzene rings is 2. The van der Waals surface area contributed by atoms with Gasteiger partial charge in [-0.15, -0.1) is 0 Å². The average Bonchev–Trinajstić information content (AvgIpc) is 2.41. The Morgan fingerprint density at radius 1 is 1.15 bits per heavy atom. The van der Waals surface area contributed by atoms with Crippen LogP contribution >= 0.6 is 39.7 Å². The molecule has 0 spiro atoms. The number of hydrogen-bond donors (Lipinski definition) is 2. The van der Waals surface area contributed by atoms with Crippen molar-refractivity contribution >= 4 is 50.5 Å². The summed E-state index contributed by atoms with van der Waals surface area (Å²) in [5.41, 5.74) is 2.16. The van der Waals surface area contributed by atoms with Crippen LogP contribution in [-0.2, 0) is 6.42 Å². The van der Waals surface area contributed by atoms with E-state index in [0.29, 0.717) is 5.11 Å². The number of rotatable bonds is 4. The summed E-state index contributed by atoms with van der Waals surface area (Å²) in [6, 6.07) is 15.7. The smallest absolute Gasteiger partial charge is 0.170 e. The first-order valence-corrected chi connectivity index (χ1v) is 7.76. The molecular weight excluding hydrogens is 356 g/mol. The van der Waals surface area contributed by atoms with Crippen molar-refractivity contribution in [1.29, 1.82) is 0 Å². The van der Waals surface area contributed by atoms with Crippen LogP contribution in [0.5, 0.6) is 0 Å². The minimum absolute atomic E-state index is 0.620. The van der Waals surface area contributed by atoms with Gasteiger partial charge in [0.25, 0.3) is 0 Å². The van der Waals surface area contributed by atoms with E-state index in [-0.39, 0.29) is 0 Å². The molecule has 0 aliphatic heterocycles. The van der Waals surface area contributed by atoms with Gasteiger partial charge in [0.15, 0.2) is 5.11 Å². The van der Waals surface area contributed by atoms with Crippen molar-refractivity contribution in [3.8, 4) is 0 Å². The third-order valence-corrected chi connectivity index (χ3v) is 3.70. The van der Waals surface area contributed by atoms with Gasteiger partial charge in [-0.3, -0.25) is 0 Å². The summed E-state index contributed by atoms with van der Waals surface area (Å²) in [5.74, 6) is 0. The van der Waals surface area contributed by atoms with Gasteiger partial charge in [-0.05, 0) is 60.6 Å². The van der Waals surface area contributed by atoms with Crippen molar-refractivity contribution in [2.24, 2.45) is 0 Å². The van der Waals surface area contributed by atoms with Gasteiger partial charge in [-0.2, -0.15) is 0 Å². The molecular formula is C15H14BrClN2S. The molecule has 0 unspecified atom stereocenters. The highest BCUT2D eigenvalue weighted by molar-refractivity contribution is 9.10. The topological polar surface area (TPSA) is 24.1 Å².